The molecule has 2 N–H and O–H groups in total. The number of ketones is 1. The Morgan fingerprint density at radius 3 is 2.62 bits per heavy atom. The van der Waals surface area contributed by atoms with Gasteiger partial charge in [0, 0.05) is 34.3 Å². The van der Waals surface area contributed by atoms with E-state index in [2.05, 4.69) is 4.90 Å². The highest BCUT2D eigenvalue weighted by Gasteiger charge is 2.73. The Morgan fingerprint density at radius 2 is 1.90 bits per heavy atom. The van der Waals surface area contributed by atoms with Crippen molar-refractivity contribution >= 4 is 29.1 Å². The molecule has 2 aliphatic heterocycles. The van der Waals surface area contributed by atoms with Crippen molar-refractivity contribution < 1.29 is 34.1 Å². The maximum Gasteiger partial charge on any atom is 0.315 e. The number of piperidine rings is 1. The summed E-state index contributed by atoms with van der Waals surface area (Å²) in [4.78, 5) is 42.1. The van der Waals surface area contributed by atoms with Gasteiger partial charge in [-0.15, -0.1) is 11.3 Å². The topological polar surface area (TPSA) is 113 Å². The minimum absolute atomic E-state index is 0.00178. The molecule has 9 heteroatoms. The molecule has 39 heavy (non-hydrogen) atoms. The summed E-state index contributed by atoms with van der Waals surface area (Å²) < 4.78 is 12.3. The second-order valence-electron chi connectivity index (χ2n) is 12.1. The van der Waals surface area contributed by atoms with Gasteiger partial charge in [-0.25, -0.2) is 0 Å². The Bertz CT molecular complexity index is 1430. The monoisotopic (exact) mass is 551 g/mol. The molecule has 2 bridgehead atoms. The number of carboxylic acid groups (broad SMARTS) is 1. The number of aryl methyl sites for hydroxylation is 2. The molecule has 8 nitrogen and oxygen atoms in total. The quantitative estimate of drug-likeness (QED) is 0.398. The van der Waals surface area contributed by atoms with Crippen LogP contribution in [-0.4, -0.2) is 63.7 Å². The molecule has 2 aromatic rings. The molecule has 1 aromatic carbocycles. The average Bonchev–Trinajstić information content (AvgIpc) is 3.56. The molecule has 3 aliphatic carbocycles. The third-order valence-corrected chi connectivity index (χ3v) is 11.0. The molecule has 3 fully saturated rings. The standard InChI is InChI=1S/C30H33NO7S/c1-15-19(12-24(33)34)20(16(2)39-15)13-25(35)37-22-6-5-18-11-23-30(36)8-7-21(32)28-29(30,26(18)27(22)38-28)9-10-31(23)14-17-3-4-17/h5-6,17,23,28,36H,3-4,7-14H2,1-2H3,(H,33,34)/t23-,28+,29+,30-/m1/s1. The Labute approximate surface area is 230 Å². The number of aliphatic hydroxyl groups is 1. The molecule has 206 valence electrons. The van der Waals surface area contributed by atoms with Gasteiger partial charge in [0.2, 0.25) is 0 Å². The van der Waals surface area contributed by atoms with Gasteiger partial charge in [-0.3, -0.25) is 19.3 Å². The number of nitrogens with zero attached hydrogens (tertiary/aromatic N) is 1. The first-order valence-electron chi connectivity index (χ1n) is 13.9. The van der Waals surface area contributed by atoms with Crippen LogP contribution in [0.4, 0.5) is 0 Å². The van der Waals surface area contributed by atoms with Crippen molar-refractivity contribution in [2.75, 3.05) is 13.1 Å². The van der Waals surface area contributed by atoms with Crippen molar-refractivity contribution in [3.05, 3.63) is 44.1 Å². The summed E-state index contributed by atoms with van der Waals surface area (Å²) in [5, 5.41) is 21.8. The molecule has 4 atom stereocenters. The van der Waals surface area contributed by atoms with Crippen LogP contribution in [0.1, 0.15) is 64.1 Å². The van der Waals surface area contributed by atoms with E-state index < -0.39 is 29.1 Å². The number of benzene rings is 1. The lowest BCUT2D eigenvalue weighted by Gasteiger charge is -2.62. The van der Waals surface area contributed by atoms with E-state index in [4.69, 9.17) is 9.47 Å². The van der Waals surface area contributed by atoms with Crippen LogP contribution in [0.2, 0.25) is 0 Å². The van der Waals surface area contributed by atoms with Crippen molar-refractivity contribution in [1.29, 1.82) is 0 Å². The number of rotatable bonds is 7. The maximum absolute atomic E-state index is 13.3. The van der Waals surface area contributed by atoms with E-state index in [1.807, 2.05) is 19.9 Å². The second-order valence-corrected chi connectivity index (χ2v) is 13.5. The molecule has 7 rings (SSSR count). The Hall–Kier alpha value is -2.75. The van der Waals surface area contributed by atoms with E-state index in [1.54, 1.807) is 6.07 Å². The first kappa shape index (κ1) is 25.2. The molecule has 0 amide bonds. The number of carboxylic acids is 1. The van der Waals surface area contributed by atoms with Crippen LogP contribution in [0, 0.1) is 19.8 Å². The summed E-state index contributed by atoms with van der Waals surface area (Å²) in [6.07, 6.45) is 3.52. The number of esters is 1. The summed E-state index contributed by atoms with van der Waals surface area (Å²) in [7, 11) is 0. The Balaban J connectivity index is 1.24. The highest BCUT2D eigenvalue weighted by molar-refractivity contribution is 7.12. The minimum Gasteiger partial charge on any atom is -0.481 e. The van der Waals surface area contributed by atoms with Gasteiger partial charge in [-0.1, -0.05) is 6.07 Å². The first-order chi connectivity index (χ1) is 18.6. The molecule has 5 aliphatic rings. The highest BCUT2D eigenvalue weighted by atomic mass is 32.1. The van der Waals surface area contributed by atoms with Crippen molar-refractivity contribution in [2.45, 2.75) is 88.4 Å². The van der Waals surface area contributed by atoms with Crippen LogP contribution in [0.5, 0.6) is 11.5 Å². The lowest BCUT2D eigenvalue weighted by molar-refractivity contribution is -0.188. The van der Waals surface area contributed by atoms with Crippen LogP contribution in [-0.2, 0) is 39.1 Å². The number of ether oxygens (including phenoxy) is 2. The van der Waals surface area contributed by atoms with E-state index in [0.717, 1.165) is 34.0 Å². The van der Waals surface area contributed by atoms with Gasteiger partial charge < -0.3 is 19.7 Å². The molecular formula is C30H33NO7S. The summed E-state index contributed by atoms with van der Waals surface area (Å²) in [6, 6.07) is 3.66. The van der Waals surface area contributed by atoms with Crippen LogP contribution in [0.15, 0.2) is 12.1 Å². The van der Waals surface area contributed by atoms with E-state index in [1.165, 1.54) is 24.2 Å². The predicted octanol–water partition coefficient (Wildman–Crippen LogP) is 3.27. The van der Waals surface area contributed by atoms with E-state index in [-0.39, 0.29) is 36.8 Å². The molecule has 0 radical (unpaired) electrons. The summed E-state index contributed by atoms with van der Waals surface area (Å²) in [6.45, 7) is 5.55. The van der Waals surface area contributed by atoms with Gasteiger partial charge in [-0.05, 0) is 81.2 Å². The zero-order chi connectivity index (χ0) is 27.3. The number of carbonyl (C=O) groups is 3. The van der Waals surface area contributed by atoms with Gasteiger partial charge in [0.1, 0.15) is 0 Å². The summed E-state index contributed by atoms with van der Waals surface area (Å²) >= 11 is 1.48. The van der Waals surface area contributed by atoms with Gasteiger partial charge in [0.05, 0.1) is 23.9 Å². The van der Waals surface area contributed by atoms with Crippen molar-refractivity contribution in [3.63, 3.8) is 0 Å². The van der Waals surface area contributed by atoms with E-state index in [0.29, 0.717) is 42.1 Å². The number of hydrogen-bond acceptors (Lipinski definition) is 8. The molecule has 1 saturated heterocycles. The number of thiophene rings is 1. The Morgan fingerprint density at radius 1 is 1.15 bits per heavy atom. The number of likely N-dealkylation sites (tertiary alicyclic amines) is 1. The second kappa shape index (κ2) is 8.62. The molecule has 0 unspecified atom stereocenters. The SMILES string of the molecule is Cc1sc(C)c(CC(=O)Oc2ccc3c4c2O[C@H]2C(=O)CC[C@@]5(O)[C@@H](C3)N(CC3CC3)CC[C@]425)c1CC(=O)O. The minimum atomic E-state index is -1.07. The van der Waals surface area contributed by atoms with Crippen molar-refractivity contribution in [3.8, 4) is 11.5 Å². The summed E-state index contributed by atoms with van der Waals surface area (Å²) in [5.74, 6) is -0.0722. The van der Waals surface area contributed by atoms with E-state index in [9.17, 15) is 24.6 Å². The maximum atomic E-state index is 13.3. The number of carbonyl (C=O) groups excluding carboxylic acids is 2. The van der Waals surface area contributed by atoms with Gasteiger partial charge in [0.25, 0.3) is 0 Å². The zero-order valence-corrected chi connectivity index (χ0v) is 23.1. The first-order valence-corrected chi connectivity index (χ1v) is 14.8. The summed E-state index contributed by atoms with van der Waals surface area (Å²) in [5.41, 5.74) is 1.38. The fourth-order valence-corrected chi connectivity index (χ4v) is 9.12. The number of hydrogen-bond donors (Lipinski definition) is 2. The Kier molecular flexibility index (Phi) is 5.58. The lowest BCUT2D eigenvalue weighted by Crippen LogP contribution is -2.76. The molecule has 2 saturated carbocycles. The van der Waals surface area contributed by atoms with Gasteiger partial charge in [0.15, 0.2) is 23.4 Å². The average molecular weight is 552 g/mol. The van der Waals surface area contributed by atoms with E-state index >= 15 is 0 Å². The largest absolute Gasteiger partial charge is 0.481 e. The smallest absolute Gasteiger partial charge is 0.315 e. The lowest BCUT2D eigenvalue weighted by atomic mass is 9.49. The fraction of sp³-hybridized carbons (Fsp3) is 0.567. The number of Topliss-reactive ketones (excluding diaryl/α,β-unsaturated/α-hetero) is 1. The molecule has 3 heterocycles. The van der Waals surface area contributed by atoms with Crippen molar-refractivity contribution in [2.24, 2.45) is 5.92 Å². The zero-order valence-electron chi connectivity index (χ0n) is 22.2. The van der Waals surface area contributed by atoms with Gasteiger partial charge in [-0.2, -0.15) is 0 Å². The molecule has 1 spiro atoms. The normalized spacial score (nSPS) is 30.6. The van der Waals surface area contributed by atoms with Crippen LogP contribution >= 0.6 is 11.3 Å². The third kappa shape index (κ3) is 3.59. The molecule has 1 aromatic heterocycles. The van der Waals surface area contributed by atoms with Crippen LogP contribution in [0.25, 0.3) is 0 Å². The highest BCUT2D eigenvalue weighted by Crippen LogP contribution is 2.65. The predicted molar refractivity (Wildman–Crippen MR) is 143 cm³/mol. The fourth-order valence-electron chi connectivity index (χ4n) is 8.03. The third-order valence-electron chi connectivity index (χ3n) is 9.94. The molecular weight excluding hydrogens is 518 g/mol. The number of aliphatic carboxylic acids is 1. The van der Waals surface area contributed by atoms with Crippen LogP contribution < -0.4 is 9.47 Å². The van der Waals surface area contributed by atoms with Crippen molar-refractivity contribution in [1.82, 2.24) is 4.90 Å². The van der Waals surface area contributed by atoms with Gasteiger partial charge >= 0.3 is 11.9 Å². The van der Waals surface area contributed by atoms with Crippen LogP contribution in [0.3, 0.4) is 0 Å².